The third-order valence-corrected chi connectivity index (χ3v) is 4.19. The molecule has 1 atom stereocenters. The summed E-state index contributed by atoms with van der Waals surface area (Å²) >= 11 is 0. The van der Waals surface area contributed by atoms with Crippen LogP contribution < -0.4 is 9.47 Å². The van der Waals surface area contributed by atoms with Crippen LogP contribution in [0, 0.1) is 0 Å². The first-order valence-electron chi connectivity index (χ1n) is 8.11. The molecule has 3 aromatic rings. The lowest BCUT2D eigenvalue weighted by atomic mass is 9.99. The number of ether oxygens (including phenoxy) is 3. The Morgan fingerprint density at radius 2 is 1.85 bits per heavy atom. The number of rotatable bonds is 7. The van der Waals surface area contributed by atoms with Gasteiger partial charge in [-0.2, -0.15) is 0 Å². The number of fused-ring (bicyclic) bond motifs is 1. The maximum absolute atomic E-state index is 11.8. The average molecular weight is 356 g/mol. The van der Waals surface area contributed by atoms with Gasteiger partial charge in [-0.3, -0.25) is 4.79 Å². The Balaban J connectivity index is 1.76. The van der Waals surface area contributed by atoms with Gasteiger partial charge in [0.2, 0.25) is 0 Å². The van der Waals surface area contributed by atoms with Crippen LogP contribution in [0.5, 0.6) is 11.5 Å². The molecule has 1 N–H and O–H groups in total. The minimum atomic E-state index is -0.771. The van der Waals surface area contributed by atoms with Crippen LogP contribution in [0.3, 0.4) is 0 Å². The van der Waals surface area contributed by atoms with Crippen molar-refractivity contribution in [3.63, 3.8) is 0 Å². The van der Waals surface area contributed by atoms with Crippen molar-refractivity contribution in [2.75, 3.05) is 20.8 Å². The van der Waals surface area contributed by atoms with Gasteiger partial charge in [0.15, 0.2) is 0 Å². The minimum absolute atomic E-state index is 0.350. The van der Waals surface area contributed by atoms with Crippen LogP contribution in [0.1, 0.15) is 17.0 Å². The Bertz CT molecular complexity index is 881. The molecule has 6 heteroatoms. The normalized spacial score (nSPS) is 12.0. The molecular formula is C20H20O6. The molecule has 0 fully saturated rings. The smallest absolute Gasteiger partial charge is 0.315 e. The summed E-state index contributed by atoms with van der Waals surface area (Å²) in [6.45, 7) is 0.0571. The van der Waals surface area contributed by atoms with E-state index in [2.05, 4.69) is 0 Å². The van der Waals surface area contributed by atoms with Crippen molar-refractivity contribution in [1.29, 1.82) is 0 Å². The summed E-state index contributed by atoms with van der Waals surface area (Å²) in [6.07, 6.45) is 1.47. The number of hydrogen-bond donors (Lipinski definition) is 1. The van der Waals surface area contributed by atoms with E-state index in [1.807, 2.05) is 30.3 Å². The lowest BCUT2D eigenvalue weighted by molar-refractivity contribution is -0.143. The molecule has 136 valence electrons. The zero-order valence-corrected chi connectivity index (χ0v) is 14.6. The summed E-state index contributed by atoms with van der Waals surface area (Å²) in [5.41, 5.74) is 2.18. The van der Waals surface area contributed by atoms with Gasteiger partial charge in [0, 0.05) is 17.0 Å². The molecule has 0 aliphatic rings. The van der Waals surface area contributed by atoms with Gasteiger partial charge in [-0.15, -0.1) is 0 Å². The summed E-state index contributed by atoms with van der Waals surface area (Å²) in [4.78, 5) is 11.8. The van der Waals surface area contributed by atoms with Crippen LogP contribution in [0.2, 0.25) is 0 Å². The van der Waals surface area contributed by atoms with Crippen molar-refractivity contribution >= 4 is 16.9 Å². The molecule has 6 nitrogen and oxygen atoms in total. The van der Waals surface area contributed by atoms with Gasteiger partial charge < -0.3 is 23.7 Å². The van der Waals surface area contributed by atoms with Crippen LogP contribution in [0.4, 0.5) is 0 Å². The summed E-state index contributed by atoms with van der Waals surface area (Å²) in [5.74, 6) is 0.164. The maximum atomic E-state index is 11.8. The molecule has 1 aromatic heterocycles. The first kappa shape index (κ1) is 17.8. The van der Waals surface area contributed by atoms with Gasteiger partial charge in [-0.25, -0.2) is 0 Å². The van der Waals surface area contributed by atoms with Gasteiger partial charge in [-0.05, 0) is 29.8 Å². The molecule has 3 rings (SSSR count). The van der Waals surface area contributed by atoms with Crippen molar-refractivity contribution in [2.45, 2.75) is 12.5 Å². The molecule has 0 aliphatic heterocycles. The third kappa shape index (κ3) is 3.65. The van der Waals surface area contributed by atoms with E-state index < -0.39 is 11.9 Å². The van der Waals surface area contributed by atoms with Crippen molar-refractivity contribution < 1.29 is 28.5 Å². The lowest BCUT2D eigenvalue weighted by Crippen LogP contribution is -2.17. The van der Waals surface area contributed by atoms with E-state index in [0.717, 1.165) is 16.7 Å². The zero-order chi connectivity index (χ0) is 18.5. The molecule has 0 saturated heterocycles. The first-order chi connectivity index (χ1) is 12.7. The third-order valence-electron chi connectivity index (χ3n) is 4.19. The number of carbonyl (C=O) groups excluding carboxylic acids is 1. The van der Waals surface area contributed by atoms with E-state index in [0.29, 0.717) is 23.5 Å². The fraction of sp³-hybridized carbons (Fsp3) is 0.250. The molecule has 0 saturated carbocycles. The predicted octanol–water partition coefficient (Wildman–Crippen LogP) is 3.27. The minimum Gasteiger partial charge on any atom is -0.497 e. The molecule has 0 radical (unpaired) electrons. The maximum Gasteiger partial charge on any atom is 0.315 e. The van der Waals surface area contributed by atoms with E-state index in [-0.39, 0.29) is 6.61 Å². The Morgan fingerprint density at radius 3 is 2.50 bits per heavy atom. The summed E-state index contributed by atoms with van der Waals surface area (Å²) < 4.78 is 21.2. The van der Waals surface area contributed by atoms with Crippen LogP contribution in [-0.4, -0.2) is 31.9 Å². The molecule has 0 aliphatic carbocycles. The van der Waals surface area contributed by atoms with Crippen molar-refractivity contribution in [2.24, 2.45) is 0 Å². The van der Waals surface area contributed by atoms with Gasteiger partial charge in [-0.1, -0.05) is 12.1 Å². The zero-order valence-electron chi connectivity index (χ0n) is 14.6. The highest BCUT2D eigenvalue weighted by Crippen LogP contribution is 2.31. The molecule has 26 heavy (non-hydrogen) atoms. The molecule has 0 amide bonds. The molecule has 0 spiro atoms. The van der Waals surface area contributed by atoms with Crippen LogP contribution in [0.15, 0.2) is 53.1 Å². The number of hydrogen-bond acceptors (Lipinski definition) is 6. The van der Waals surface area contributed by atoms with E-state index >= 15 is 0 Å². The van der Waals surface area contributed by atoms with Crippen LogP contribution >= 0.6 is 0 Å². The van der Waals surface area contributed by atoms with Crippen LogP contribution in [-0.2, 0) is 16.1 Å². The van der Waals surface area contributed by atoms with E-state index in [9.17, 15) is 9.90 Å². The largest absolute Gasteiger partial charge is 0.497 e. The van der Waals surface area contributed by atoms with E-state index in [1.165, 1.54) is 13.4 Å². The average Bonchev–Trinajstić information content (AvgIpc) is 3.10. The van der Waals surface area contributed by atoms with E-state index in [1.54, 1.807) is 19.2 Å². The molecule has 2 aromatic carbocycles. The SMILES string of the molecule is COC(=O)C(CO)c1coc2cc(OCc3ccc(OC)cc3)ccc12. The second-order valence-corrected chi connectivity index (χ2v) is 5.74. The Kier molecular flexibility index (Phi) is 5.43. The van der Waals surface area contributed by atoms with Gasteiger partial charge >= 0.3 is 5.97 Å². The fourth-order valence-corrected chi connectivity index (χ4v) is 2.72. The van der Waals surface area contributed by atoms with Crippen molar-refractivity contribution in [1.82, 2.24) is 0 Å². The Labute approximate surface area is 150 Å². The second kappa shape index (κ2) is 7.93. The first-order valence-corrected chi connectivity index (χ1v) is 8.11. The molecular weight excluding hydrogens is 336 g/mol. The second-order valence-electron chi connectivity index (χ2n) is 5.74. The van der Waals surface area contributed by atoms with Gasteiger partial charge in [0.05, 0.1) is 27.1 Å². The highest BCUT2D eigenvalue weighted by Gasteiger charge is 2.24. The summed E-state index contributed by atoms with van der Waals surface area (Å²) in [6, 6.07) is 13.0. The number of benzene rings is 2. The summed E-state index contributed by atoms with van der Waals surface area (Å²) in [7, 11) is 2.91. The number of methoxy groups -OCH3 is 2. The molecule has 0 bridgehead atoms. The highest BCUT2D eigenvalue weighted by atomic mass is 16.5. The standard InChI is InChI=1S/C20H20O6/c1-23-14-5-3-13(4-6-14)11-25-15-7-8-16-18(12-26-19(16)9-15)17(10-21)20(22)24-2/h3-9,12,17,21H,10-11H2,1-2H3. The number of carbonyl (C=O) groups is 1. The number of aliphatic hydroxyl groups is 1. The lowest BCUT2D eigenvalue weighted by Gasteiger charge is -2.10. The monoisotopic (exact) mass is 356 g/mol. The van der Waals surface area contributed by atoms with Crippen molar-refractivity contribution in [3.8, 4) is 11.5 Å². The Morgan fingerprint density at radius 1 is 1.12 bits per heavy atom. The van der Waals surface area contributed by atoms with Gasteiger partial charge in [0.25, 0.3) is 0 Å². The van der Waals surface area contributed by atoms with E-state index in [4.69, 9.17) is 18.6 Å². The Hall–Kier alpha value is -2.99. The van der Waals surface area contributed by atoms with Crippen molar-refractivity contribution in [3.05, 3.63) is 59.9 Å². The molecule has 1 unspecified atom stereocenters. The number of aliphatic hydroxyl groups excluding tert-OH is 1. The van der Waals surface area contributed by atoms with Gasteiger partial charge in [0.1, 0.15) is 29.6 Å². The summed E-state index contributed by atoms with van der Waals surface area (Å²) in [5, 5.41) is 10.2. The quantitative estimate of drug-likeness (QED) is 0.655. The highest BCUT2D eigenvalue weighted by molar-refractivity contribution is 5.89. The predicted molar refractivity (Wildman–Crippen MR) is 95.4 cm³/mol. The number of furan rings is 1. The number of esters is 1. The topological polar surface area (TPSA) is 78.1 Å². The van der Waals surface area contributed by atoms with Crippen LogP contribution in [0.25, 0.3) is 11.0 Å². The molecule has 1 heterocycles. The fourth-order valence-electron chi connectivity index (χ4n) is 2.72.